The monoisotopic (exact) mass is 385 g/mol. The van der Waals surface area contributed by atoms with Crippen LogP contribution in [0.25, 0.3) is 0 Å². The van der Waals surface area contributed by atoms with E-state index in [1.165, 1.54) is 10.2 Å². The summed E-state index contributed by atoms with van der Waals surface area (Å²) in [6, 6.07) is 8.31. The smallest absolute Gasteiger partial charge is 0.346 e. The first-order chi connectivity index (χ1) is 13.6. The molecule has 0 radical (unpaired) electrons. The molecule has 0 saturated carbocycles. The predicted octanol–water partition coefficient (Wildman–Crippen LogP) is 1.93. The number of carbonyl (C=O) groups excluding carboxylic acids is 1. The van der Waals surface area contributed by atoms with E-state index in [1.54, 1.807) is 4.57 Å². The van der Waals surface area contributed by atoms with Gasteiger partial charge >= 0.3 is 5.69 Å². The highest BCUT2D eigenvalue weighted by Crippen LogP contribution is 2.10. The van der Waals surface area contributed by atoms with Crippen LogP contribution < -0.4 is 11.0 Å². The molecule has 1 amide bonds. The second-order valence-electron chi connectivity index (χ2n) is 7.37. The van der Waals surface area contributed by atoms with Crippen LogP contribution in [0.5, 0.6) is 0 Å². The number of hydrogen-bond donors (Lipinski definition) is 1. The van der Waals surface area contributed by atoms with Gasteiger partial charge in [0, 0.05) is 26.1 Å². The Kier molecular flexibility index (Phi) is 7.03. The van der Waals surface area contributed by atoms with Crippen molar-refractivity contribution in [2.24, 2.45) is 0 Å². The fraction of sp³-hybridized carbons (Fsp3) is 0.571. The van der Waals surface area contributed by atoms with E-state index in [0.29, 0.717) is 13.1 Å². The first kappa shape index (κ1) is 20.3. The highest BCUT2D eigenvalue weighted by molar-refractivity contribution is 5.75. The summed E-state index contributed by atoms with van der Waals surface area (Å²) in [5.41, 5.74) is 2.14. The number of hydrogen-bond acceptors (Lipinski definition) is 4. The van der Waals surface area contributed by atoms with Crippen LogP contribution in [0.2, 0.25) is 0 Å². The van der Waals surface area contributed by atoms with E-state index in [1.807, 2.05) is 12.1 Å². The molecular formula is C21H31N5O2. The van der Waals surface area contributed by atoms with Gasteiger partial charge < -0.3 is 5.32 Å². The molecule has 28 heavy (non-hydrogen) atoms. The number of nitrogens with zero attached hydrogens (tertiary/aromatic N) is 4. The van der Waals surface area contributed by atoms with Gasteiger partial charge in [0.2, 0.25) is 5.91 Å². The van der Waals surface area contributed by atoms with Crippen LogP contribution in [0.4, 0.5) is 0 Å². The summed E-state index contributed by atoms with van der Waals surface area (Å²) in [6.07, 6.45) is 3.97. The minimum absolute atomic E-state index is 0.0289. The first-order valence-electron chi connectivity index (χ1n) is 10.3. The van der Waals surface area contributed by atoms with Crippen LogP contribution in [0.1, 0.15) is 50.1 Å². The van der Waals surface area contributed by atoms with E-state index in [0.717, 1.165) is 56.7 Å². The summed E-state index contributed by atoms with van der Waals surface area (Å²) >= 11 is 0. The lowest BCUT2D eigenvalue weighted by atomic mass is 10.1. The molecule has 2 aromatic rings. The Labute approximate surface area is 166 Å². The number of aryl methyl sites for hydroxylation is 1. The van der Waals surface area contributed by atoms with E-state index in [9.17, 15) is 9.59 Å². The van der Waals surface area contributed by atoms with Gasteiger partial charge in [-0.15, -0.1) is 0 Å². The molecule has 1 aliphatic rings. The lowest BCUT2D eigenvalue weighted by Crippen LogP contribution is -2.33. The third-order valence-electron chi connectivity index (χ3n) is 5.39. The Morgan fingerprint density at radius 3 is 2.54 bits per heavy atom. The van der Waals surface area contributed by atoms with Crippen molar-refractivity contribution in [3.63, 3.8) is 0 Å². The van der Waals surface area contributed by atoms with Crippen LogP contribution in [0.3, 0.4) is 0 Å². The zero-order valence-corrected chi connectivity index (χ0v) is 17.0. The van der Waals surface area contributed by atoms with E-state index < -0.39 is 0 Å². The maximum Gasteiger partial charge on any atom is 0.346 e. The lowest BCUT2D eigenvalue weighted by molar-refractivity contribution is -0.122. The van der Waals surface area contributed by atoms with Gasteiger partial charge in [0.25, 0.3) is 0 Å². The van der Waals surface area contributed by atoms with Crippen molar-refractivity contribution < 1.29 is 4.79 Å². The van der Waals surface area contributed by atoms with Crippen molar-refractivity contribution in [1.82, 2.24) is 24.6 Å². The fourth-order valence-electron chi connectivity index (χ4n) is 3.59. The molecule has 152 valence electrons. The Balaban J connectivity index is 1.53. The number of nitrogens with one attached hydrogen (secondary N) is 1. The Hall–Kier alpha value is -2.41. The number of benzene rings is 1. The molecule has 0 spiro atoms. The number of amides is 1. The van der Waals surface area contributed by atoms with Gasteiger partial charge in [-0.1, -0.05) is 44.5 Å². The molecule has 1 aromatic heterocycles. The van der Waals surface area contributed by atoms with E-state index in [2.05, 4.69) is 41.3 Å². The summed E-state index contributed by atoms with van der Waals surface area (Å²) in [6.45, 7) is 8.46. The fourth-order valence-corrected chi connectivity index (χ4v) is 3.59. The maximum atomic E-state index is 12.4. The minimum Gasteiger partial charge on any atom is -0.350 e. The van der Waals surface area contributed by atoms with Crippen LogP contribution in [0.15, 0.2) is 29.1 Å². The van der Waals surface area contributed by atoms with Crippen molar-refractivity contribution in [2.75, 3.05) is 13.1 Å². The molecule has 0 saturated heterocycles. The third-order valence-corrected chi connectivity index (χ3v) is 5.39. The Morgan fingerprint density at radius 2 is 1.82 bits per heavy atom. The molecule has 2 heterocycles. The molecule has 0 atom stereocenters. The molecule has 1 N–H and O–H groups in total. The Morgan fingerprint density at radius 1 is 1.11 bits per heavy atom. The number of rotatable bonds is 8. The quantitative estimate of drug-likeness (QED) is 0.754. The van der Waals surface area contributed by atoms with Crippen molar-refractivity contribution in [2.45, 2.75) is 65.7 Å². The predicted molar refractivity (Wildman–Crippen MR) is 109 cm³/mol. The van der Waals surface area contributed by atoms with Gasteiger partial charge in [-0.05, 0) is 37.1 Å². The summed E-state index contributed by atoms with van der Waals surface area (Å²) in [5.74, 6) is 0.613. The number of fused-ring (bicyclic) bond motifs is 1. The molecule has 7 nitrogen and oxygen atoms in total. The highest BCUT2D eigenvalue weighted by atomic mass is 16.2. The molecule has 0 unspecified atom stereocenters. The van der Waals surface area contributed by atoms with Crippen LogP contribution in [0, 0.1) is 0 Å². The zero-order chi connectivity index (χ0) is 19.9. The van der Waals surface area contributed by atoms with Gasteiger partial charge in [0.05, 0.1) is 0 Å². The van der Waals surface area contributed by atoms with E-state index in [4.69, 9.17) is 0 Å². The normalized spacial score (nSPS) is 14.0. The van der Waals surface area contributed by atoms with Gasteiger partial charge in [-0.3, -0.25) is 14.3 Å². The first-order valence-corrected chi connectivity index (χ1v) is 10.3. The summed E-state index contributed by atoms with van der Waals surface area (Å²) < 4.78 is 3.01. The van der Waals surface area contributed by atoms with Crippen LogP contribution >= 0.6 is 0 Å². The third kappa shape index (κ3) is 5.10. The largest absolute Gasteiger partial charge is 0.350 e. The molecule has 1 aromatic carbocycles. The van der Waals surface area contributed by atoms with Gasteiger partial charge in [0.1, 0.15) is 12.4 Å². The second-order valence-corrected chi connectivity index (χ2v) is 7.37. The summed E-state index contributed by atoms with van der Waals surface area (Å²) in [7, 11) is 0. The molecule has 0 bridgehead atoms. The number of carbonyl (C=O) groups is 1. The number of aromatic nitrogens is 3. The summed E-state index contributed by atoms with van der Waals surface area (Å²) in [4.78, 5) is 27.1. The van der Waals surface area contributed by atoms with Crippen molar-refractivity contribution in [3.05, 3.63) is 51.7 Å². The molecule has 7 heteroatoms. The van der Waals surface area contributed by atoms with Crippen molar-refractivity contribution >= 4 is 5.91 Å². The lowest BCUT2D eigenvalue weighted by Gasteiger charge is -2.18. The van der Waals surface area contributed by atoms with Crippen LogP contribution in [-0.4, -0.2) is 38.2 Å². The van der Waals surface area contributed by atoms with Gasteiger partial charge in [-0.25, -0.2) is 9.48 Å². The SMILES string of the molecule is CCN(CC)Cc1ccc(CNC(=O)Cn2nc3n(c2=O)CCCCC3)cc1. The van der Waals surface area contributed by atoms with E-state index in [-0.39, 0.29) is 18.1 Å². The molecular weight excluding hydrogens is 354 g/mol. The van der Waals surface area contributed by atoms with Gasteiger partial charge in [-0.2, -0.15) is 5.10 Å². The second kappa shape index (κ2) is 9.68. The molecule has 3 rings (SSSR count). The standard InChI is InChI=1S/C21H31N5O2/c1-3-24(4-2)15-18-11-9-17(10-12-18)14-22-20(27)16-26-21(28)25-13-7-5-6-8-19(25)23-26/h9-12H,3-8,13-16H2,1-2H3,(H,22,27). The van der Waals surface area contributed by atoms with Gasteiger partial charge in [0.15, 0.2) is 0 Å². The van der Waals surface area contributed by atoms with Crippen LogP contribution in [-0.2, 0) is 37.4 Å². The van der Waals surface area contributed by atoms with E-state index >= 15 is 0 Å². The average molecular weight is 386 g/mol. The topological polar surface area (TPSA) is 72.2 Å². The van der Waals surface area contributed by atoms with Crippen molar-refractivity contribution in [1.29, 1.82) is 0 Å². The molecule has 1 aliphatic heterocycles. The summed E-state index contributed by atoms with van der Waals surface area (Å²) in [5, 5.41) is 7.25. The zero-order valence-electron chi connectivity index (χ0n) is 17.0. The maximum absolute atomic E-state index is 12.4. The minimum atomic E-state index is -0.192. The van der Waals surface area contributed by atoms with Crippen molar-refractivity contribution in [3.8, 4) is 0 Å². The highest BCUT2D eigenvalue weighted by Gasteiger charge is 2.17. The Bertz CT molecular complexity index is 833. The molecule has 0 fully saturated rings. The average Bonchev–Trinajstić information content (AvgIpc) is 2.87. The molecule has 0 aliphatic carbocycles.